The zero-order chi connectivity index (χ0) is 8.81. The van der Waals surface area contributed by atoms with E-state index in [2.05, 4.69) is 22.0 Å². The molecule has 0 atom stereocenters. The summed E-state index contributed by atoms with van der Waals surface area (Å²) in [6.07, 6.45) is 4.63. The van der Waals surface area contributed by atoms with Crippen LogP contribution in [0.4, 0.5) is 5.82 Å². The van der Waals surface area contributed by atoms with Crippen molar-refractivity contribution in [3.8, 4) is 5.88 Å². The van der Waals surface area contributed by atoms with E-state index in [0.29, 0.717) is 18.3 Å². The Balaban J connectivity index is 2.65. The number of nitrogen functional groups attached to an aromatic ring is 1. The minimum atomic E-state index is 0.405. The van der Waals surface area contributed by atoms with Crippen molar-refractivity contribution in [1.29, 1.82) is 0 Å². The fourth-order valence-electron chi connectivity index (χ4n) is 0.631. The average Bonchev–Trinajstić information content (AvgIpc) is 2.15. The molecule has 0 aliphatic rings. The third-order valence-corrected chi connectivity index (χ3v) is 1.11. The summed E-state index contributed by atoms with van der Waals surface area (Å²) < 4.78 is 5.11. The summed E-state index contributed by atoms with van der Waals surface area (Å²) in [7, 11) is 0. The SMILES string of the molecule is C=CCOc1cncc(NN)n1. The van der Waals surface area contributed by atoms with E-state index in [1.807, 2.05) is 0 Å². The largest absolute Gasteiger partial charge is 0.472 e. The summed E-state index contributed by atoms with van der Waals surface area (Å²) in [5.41, 5.74) is 2.36. The van der Waals surface area contributed by atoms with E-state index in [9.17, 15) is 0 Å². The molecule has 0 radical (unpaired) electrons. The van der Waals surface area contributed by atoms with Crippen molar-refractivity contribution in [3.63, 3.8) is 0 Å². The first kappa shape index (κ1) is 8.48. The molecule has 1 aromatic heterocycles. The Morgan fingerprint density at radius 3 is 3.17 bits per heavy atom. The van der Waals surface area contributed by atoms with E-state index in [-0.39, 0.29) is 0 Å². The number of nitrogens with zero attached hydrogens (tertiary/aromatic N) is 2. The Morgan fingerprint density at radius 2 is 2.50 bits per heavy atom. The quantitative estimate of drug-likeness (QED) is 0.383. The van der Waals surface area contributed by atoms with Gasteiger partial charge in [0.2, 0.25) is 5.88 Å². The zero-order valence-corrected chi connectivity index (χ0v) is 6.53. The highest BCUT2D eigenvalue weighted by Gasteiger charge is 1.95. The summed E-state index contributed by atoms with van der Waals surface area (Å²) in [6.45, 7) is 3.91. The molecular weight excluding hydrogens is 156 g/mol. The molecule has 0 aromatic carbocycles. The number of ether oxygens (including phenoxy) is 1. The van der Waals surface area contributed by atoms with Gasteiger partial charge >= 0.3 is 0 Å². The van der Waals surface area contributed by atoms with Crippen LogP contribution in [0, 0.1) is 0 Å². The third-order valence-electron chi connectivity index (χ3n) is 1.11. The number of anilines is 1. The predicted octanol–water partition coefficient (Wildman–Crippen LogP) is 0.327. The molecular formula is C7H10N4O. The molecule has 0 bridgehead atoms. The van der Waals surface area contributed by atoms with Crippen LogP contribution in [0.25, 0.3) is 0 Å². The first-order valence-electron chi connectivity index (χ1n) is 3.39. The summed E-state index contributed by atoms with van der Waals surface area (Å²) in [5, 5.41) is 0. The lowest BCUT2D eigenvalue weighted by molar-refractivity contribution is 0.347. The molecule has 0 aliphatic heterocycles. The molecule has 0 unspecified atom stereocenters. The van der Waals surface area contributed by atoms with Crippen LogP contribution in [0.5, 0.6) is 5.88 Å². The molecule has 5 nitrogen and oxygen atoms in total. The molecule has 0 saturated heterocycles. The monoisotopic (exact) mass is 166 g/mol. The molecule has 3 N–H and O–H groups in total. The Kier molecular flexibility index (Phi) is 3.04. The van der Waals surface area contributed by atoms with Crippen LogP contribution < -0.4 is 16.0 Å². The predicted molar refractivity (Wildman–Crippen MR) is 45.5 cm³/mol. The lowest BCUT2D eigenvalue weighted by atomic mass is 10.6. The van der Waals surface area contributed by atoms with Crippen molar-refractivity contribution in [1.82, 2.24) is 9.97 Å². The van der Waals surface area contributed by atoms with Gasteiger partial charge in [0.15, 0.2) is 5.82 Å². The number of nitrogens with one attached hydrogen (secondary N) is 1. The fraction of sp³-hybridized carbons (Fsp3) is 0.143. The first-order valence-corrected chi connectivity index (χ1v) is 3.39. The third kappa shape index (κ3) is 2.21. The molecule has 0 aliphatic carbocycles. The summed E-state index contributed by atoms with van der Waals surface area (Å²) in [5.74, 6) is 6.01. The van der Waals surface area contributed by atoms with Gasteiger partial charge in [-0.3, -0.25) is 4.98 Å². The van der Waals surface area contributed by atoms with Gasteiger partial charge in [-0.05, 0) is 0 Å². The van der Waals surface area contributed by atoms with Gasteiger partial charge < -0.3 is 10.2 Å². The molecule has 5 heteroatoms. The van der Waals surface area contributed by atoms with Gasteiger partial charge in [0.25, 0.3) is 0 Å². The highest BCUT2D eigenvalue weighted by Crippen LogP contribution is 2.06. The van der Waals surface area contributed by atoms with Gasteiger partial charge in [-0.1, -0.05) is 12.7 Å². The van der Waals surface area contributed by atoms with Crippen molar-refractivity contribution < 1.29 is 4.74 Å². The lowest BCUT2D eigenvalue weighted by Gasteiger charge is -2.02. The van der Waals surface area contributed by atoms with Gasteiger partial charge in [0.05, 0.1) is 12.4 Å². The second-order valence-corrected chi connectivity index (χ2v) is 1.99. The maximum Gasteiger partial charge on any atom is 0.234 e. The number of hydrazine groups is 1. The van der Waals surface area contributed by atoms with E-state index in [1.54, 1.807) is 6.08 Å². The molecule has 0 fully saturated rings. The number of aromatic nitrogens is 2. The standard InChI is InChI=1S/C7H10N4O/c1-2-3-12-7-5-9-4-6(10-7)11-8/h2,4-5H,1,3,8H2,(H,10,11). The molecule has 1 rings (SSSR count). The van der Waals surface area contributed by atoms with Crippen molar-refractivity contribution in [2.75, 3.05) is 12.0 Å². The highest BCUT2D eigenvalue weighted by molar-refractivity contribution is 5.31. The maximum absolute atomic E-state index is 5.12. The van der Waals surface area contributed by atoms with Crippen LogP contribution >= 0.6 is 0 Å². The first-order chi connectivity index (χ1) is 5.86. The van der Waals surface area contributed by atoms with E-state index in [0.717, 1.165) is 0 Å². The van der Waals surface area contributed by atoms with Crippen molar-refractivity contribution in [2.24, 2.45) is 5.84 Å². The van der Waals surface area contributed by atoms with Crippen molar-refractivity contribution in [3.05, 3.63) is 25.0 Å². The van der Waals surface area contributed by atoms with Gasteiger partial charge in [-0.15, -0.1) is 0 Å². The summed E-state index contributed by atoms with van der Waals surface area (Å²) in [4.78, 5) is 7.80. The Labute approximate surface area is 70.2 Å². The molecule has 0 amide bonds. The van der Waals surface area contributed by atoms with Gasteiger partial charge in [-0.25, -0.2) is 5.84 Å². The Morgan fingerprint density at radius 1 is 1.67 bits per heavy atom. The fourth-order valence-corrected chi connectivity index (χ4v) is 0.631. The van der Waals surface area contributed by atoms with Gasteiger partial charge in [-0.2, -0.15) is 4.98 Å². The summed E-state index contributed by atoms with van der Waals surface area (Å²) >= 11 is 0. The van der Waals surface area contributed by atoms with Crippen LogP contribution in [-0.2, 0) is 0 Å². The molecule has 1 heterocycles. The van der Waals surface area contributed by atoms with E-state index in [1.165, 1.54) is 12.4 Å². The second kappa shape index (κ2) is 4.30. The Hall–Kier alpha value is -1.62. The van der Waals surface area contributed by atoms with Crippen LogP contribution in [0.1, 0.15) is 0 Å². The number of nitrogens with two attached hydrogens (primary N) is 1. The van der Waals surface area contributed by atoms with E-state index < -0.39 is 0 Å². The molecule has 64 valence electrons. The van der Waals surface area contributed by atoms with Gasteiger partial charge in [0.1, 0.15) is 6.61 Å². The van der Waals surface area contributed by atoms with Crippen LogP contribution in [-0.4, -0.2) is 16.6 Å². The molecule has 0 saturated carbocycles. The lowest BCUT2D eigenvalue weighted by Crippen LogP contribution is -2.09. The number of rotatable bonds is 4. The zero-order valence-electron chi connectivity index (χ0n) is 6.53. The topological polar surface area (TPSA) is 73.1 Å². The molecule has 12 heavy (non-hydrogen) atoms. The van der Waals surface area contributed by atoms with E-state index >= 15 is 0 Å². The minimum Gasteiger partial charge on any atom is -0.472 e. The average molecular weight is 166 g/mol. The second-order valence-electron chi connectivity index (χ2n) is 1.99. The smallest absolute Gasteiger partial charge is 0.234 e. The number of hydrogen-bond donors (Lipinski definition) is 2. The van der Waals surface area contributed by atoms with Crippen LogP contribution in [0.3, 0.4) is 0 Å². The Bertz CT molecular complexity index is 263. The molecule has 0 spiro atoms. The van der Waals surface area contributed by atoms with Gasteiger partial charge in [0, 0.05) is 0 Å². The van der Waals surface area contributed by atoms with Crippen LogP contribution in [0.15, 0.2) is 25.0 Å². The van der Waals surface area contributed by atoms with E-state index in [4.69, 9.17) is 10.6 Å². The van der Waals surface area contributed by atoms with Crippen molar-refractivity contribution >= 4 is 5.82 Å². The maximum atomic E-state index is 5.12. The van der Waals surface area contributed by atoms with Crippen LogP contribution in [0.2, 0.25) is 0 Å². The van der Waals surface area contributed by atoms with Crippen molar-refractivity contribution in [2.45, 2.75) is 0 Å². The minimum absolute atomic E-state index is 0.405. The number of hydrogen-bond acceptors (Lipinski definition) is 5. The molecule has 1 aromatic rings. The highest BCUT2D eigenvalue weighted by atomic mass is 16.5. The normalized spacial score (nSPS) is 9.08. The summed E-state index contributed by atoms with van der Waals surface area (Å²) in [6, 6.07) is 0.